The molecule has 0 saturated heterocycles. The van der Waals surface area contributed by atoms with Crippen molar-refractivity contribution in [2.24, 2.45) is 0 Å². The molecule has 0 amide bonds. The van der Waals surface area contributed by atoms with Crippen molar-refractivity contribution in [3.63, 3.8) is 0 Å². The van der Waals surface area contributed by atoms with Gasteiger partial charge < -0.3 is 14.4 Å². The molecule has 2 aromatic carbocycles. The van der Waals surface area contributed by atoms with Crippen LogP contribution in [0, 0.1) is 11.6 Å². The van der Waals surface area contributed by atoms with Crippen LogP contribution in [-0.2, 0) is 11.3 Å². The Balaban J connectivity index is 1.74. The Kier molecular flexibility index (Phi) is 5.47. The summed E-state index contributed by atoms with van der Waals surface area (Å²) in [6, 6.07) is 11.8. The highest BCUT2D eigenvalue weighted by Crippen LogP contribution is 2.26. The molecule has 0 saturated carbocycles. The maximum Gasteiger partial charge on any atom is 0.123 e. The van der Waals surface area contributed by atoms with E-state index in [4.69, 9.17) is 4.74 Å². The molecule has 7 heteroatoms. The third-order valence-electron chi connectivity index (χ3n) is 3.69. The molecule has 130 valence electrons. The second-order valence-corrected chi connectivity index (χ2v) is 5.63. The summed E-state index contributed by atoms with van der Waals surface area (Å²) in [4.78, 5) is 0. The van der Waals surface area contributed by atoms with Gasteiger partial charge in [0.15, 0.2) is 0 Å². The van der Waals surface area contributed by atoms with Crippen LogP contribution in [0.4, 0.5) is 8.78 Å². The first-order valence-electron chi connectivity index (χ1n) is 7.75. The molecule has 3 aromatic rings. The van der Waals surface area contributed by atoms with Gasteiger partial charge in [-0.1, -0.05) is 24.3 Å². The van der Waals surface area contributed by atoms with E-state index in [1.54, 1.807) is 28.8 Å². The van der Waals surface area contributed by atoms with Crippen LogP contribution in [0.15, 0.2) is 61.2 Å². The van der Waals surface area contributed by atoms with Crippen LogP contribution in [0.25, 0.3) is 0 Å². The first-order valence-corrected chi connectivity index (χ1v) is 7.75. The molecule has 1 aromatic heterocycles. The van der Waals surface area contributed by atoms with Gasteiger partial charge in [-0.15, -0.1) is 10.2 Å². The molecule has 0 radical (unpaired) electrons. The summed E-state index contributed by atoms with van der Waals surface area (Å²) in [5, 5.41) is 17.5. The molecule has 0 fully saturated rings. The number of benzene rings is 2. The van der Waals surface area contributed by atoms with Gasteiger partial charge in [-0.3, -0.25) is 0 Å². The van der Waals surface area contributed by atoms with Crippen molar-refractivity contribution >= 4 is 0 Å². The number of ether oxygens (including phenoxy) is 1. The SMILES string of the molecule is OC(COC(c1ccc(F)cc1)c1ccc(F)cc1)Cn1cnnc1. The molecule has 1 heterocycles. The fourth-order valence-corrected chi connectivity index (χ4v) is 2.48. The standard InChI is InChI=1S/C18H17F2N3O2/c19-15-5-1-13(2-6-15)18(14-3-7-16(20)8-4-14)25-10-17(24)9-23-11-21-22-12-23/h1-8,11-12,17-18,24H,9-10H2. The third kappa shape index (κ3) is 4.68. The molecule has 3 rings (SSSR count). The normalized spacial score (nSPS) is 12.5. The molecule has 1 N–H and O–H groups in total. The Labute approximate surface area is 143 Å². The molecule has 25 heavy (non-hydrogen) atoms. The van der Waals surface area contributed by atoms with E-state index in [-0.39, 0.29) is 24.8 Å². The minimum atomic E-state index is -0.778. The van der Waals surface area contributed by atoms with E-state index in [0.717, 1.165) is 0 Å². The molecule has 0 aliphatic heterocycles. The summed E-state index contributed by atoms with van der Waals surface area (Å²) >= 11 is 0. The Morgan fingerprint density at radius 3 is 1.84 bits per heavy atom. The van der Waals surface area contributed by atoms with Crippen LogP contribution in [0.1, 0.15) is 17.2 Å². The molecule has 5 nitrogen and oxygen atoms in total. The van der Waals surface area contributed by atoms with Gasteiger partial charge in [0, 0.05) is 0 Å². The van der Waals surface area contributed by atoms with E-state index in [9.17, 15) is 13.9 Å². The molecule has 1 unspecified atom stereocenters. The van der Waals surface area contributed by atoms with Crippen molar-refractivity contribution in [1.29, 1.82) is 0 Å². The van der Waals surface area contributed by atoms with Gasteiger partial charge in [-0.25, -0.2) is 8.78 Å². The summed E-state index contributed by atoms with van der Waals surface area (Å²) in [5.41, 5.74) is 1.43. The number of hydrogen-bond donors (Lipinski definition) is 1. The molecular weight excluding hydrogens is 328 g/mol. The van der Waals surface area contributed by atoms with Crippen LogP contribution in [0.2, 0.25) is 0 Å². The van der Waals surface area contributed by atoms with Gasteiger partial charge >= 0.3 is 0 Å². The number of hydrogen-bond acceptors (Lipinski definition) is 4. The van der Waals surface area contributed by atoms with Crippen LogP contribution in [0.5, 0.6) is 0 Å². The topological polar surface area (TPSA) is 60.2 Å². The number of halogens is 2. The predicted octanol–water partition coefficient (Wildman–Crippen LogP) is 2.72. The van der Waals surface area contributed by atoms with E-state index >= 15 is 0 Å². The van der Waals surface area contributed by atoms with Crippen molar-refractivity contribution in [2.45, 2.75) is 18.8 Å². The van der Waals surface area contributed by atoms with E-state index < -0.39 is 12.2 Å². The summed E-state index contributed by atoms with van der Waals surface area (Å²) < 4.78 is 33.9. The number of aromatic nitrogens is 3. The predicted molar refractivity (Wildman–Crippen MR) is 86.6 cm³/mol. The lowest BCUT2D eigenvalue weighted by atomic mass is 10.0. The largest absolute Gasteiger partial charge is 0.389 e. The smallest absolute Gasteiger partial charge is 0.123 e. The Morgan fingerprint density at radius 1 is 0.880 bits per heavy atom. The average molecular weight is 345 g/mol. The van der Waals surface area contributed by atoms with E-state index in [0.29, 0.717) is 11.1 Å². The van der Waals surface area contributed by atoms with Gasteiger partial charge in [0.2, 0.25) is 0 Å². The monoisotopic (exact) mass is 345 g/mol. The van der Waals surface area contributed by atoms with Crippen LogP contribution < -0.4 is 0 Å². The Morgan fingerprint density at radius 2 is 1.36 bits per heavy atom. The fourth-order valence-electron chi connectivity index (χ4n) is 2.48. The highest BCUT2D eigenvalue weighted by atomic mass is 19.1. The van der Waals surface area contributed by atoms with Crippen LogP contribution in [0.3, 0.4) is 0 Å². The molecule has 0 aliphatic rings. The van der Waals surface area contributed by atoms with Crippen molar-refractivity contribution in [3.05, 3.63) is 83.9 Å². The van der Waals surface area contributed by atoms with Crippen LogP contribution in [-0.4, -0.2) is 32.6 Å². The van der Waals surface area contributed by atoms with Crippen molar-refractivity contribution < 1.29 is 18.6 Å². The number of nitrogens with zero attached hydrogens (tertiary/aromatic N) is 3. The lowest BCUT2D eigenvalue weighted by molar-refractivity contribution is -0.000654. The zero-order valence-electron chi connectivity index (χ0n) is 13.3. The first-order chi connectivity index (χ1) is 12.1. The van der Waals surface area contributed by atoms with Gasteiger partial charge in [-0.2, -0.15) is 0 Å². The summed E-state index contributed by atoms with van der Waals surface area (Å²) in [7, 11) is 0. The molecule has 0 bridgehead atoms. The zero-order valence-corrected chi connectivity index (χ0v) is 13.3. The van der Waals surface area contributed by atoms with Crippen molar-refractivity contribution in [3.8, 4) is 0 Å². The van der Waals surface area contributed by atoms with Crippen LogP contribution >= 0.6 is 0 Å². The van der Waals surface area contributed by atoms with Gasteiger partial charge in [0.1, 0.15) is 30.4 Å². The second-order valence-electron chi connectivity index (χ2n) is 5.63. The third-order valence-corrected chi connectivity index (χ3v) is 3.69. The van der Waals surface area contributed by atoms with Crippen molar-refractivity contribution in [1.82, 2.24) is 14.8 Å². The molecular formula is C18H17F2N3O2. The summed E-state index contributed by atoms with van der Waals surface area (Å²) in [5.74, 6) is -0.705. The van der Waals surface area contributed by atoms with Gasteiger partial charge in [0.05, 0.1) is 19.3 Å². The number of aliphatic hydroxyl groups excluding tert-OH is 1. The first kappa shape index (κ1) is 17.2. The average Bonchev–Trinajstić information content (AvgIpc) is 3.11. The highest BCUT2D eigenvalue weighted by Gasteiger charge is 2.17. The maximum atomic E-state index is 13.2. The minimum absolute atomic E-state index is 0.0393. The molecule has 1 atom stereocenters. The summed E-state index contributed by atoms with van der Waals surface area (Å²) in [6.45, 7) is 0.324. The Hall–Kier alpha value is -2.64. The van der Waals surface area contributed by atoms with Crippen molar-refractivity contribution in [2.75, 3.05) is 6.61 Å². The lowest BCUT2D eigenvalue weighted by Crippen LogP contribution is -2.23. The van der Waals surface area contributed by atoms with Gasteiger partial charge in [-0.05, 0) is 35.4 Å². The zero-order chi connectivity index (χ0) is 17.6. The minimum Gasteiger partial charge on any atom is -0.389 e. The van der Waals surface area contributed by atoms with E-state index in [1.165, 1.54) is 36.9 Å². The quantitative estimate of drug-likeness (QED) is 0.715. The fraction of sp³-hybridized carbons (Fsp3) is 0.222. The number of aliphatic hydroxyl groups is 1. The maximum absolute atomic E-state index is 13.2. The lowest BCUT2D eigenvalue weighted by Gasteiger charge is -2.21. The summed E-state index contributed by atoms with van der Waals surface area (Å²) in [6.07, 6.45) is 1.68. The van der Waals surface area contributed by atoms with E-state index in [1.807, 2.05) is 0 Å². The molecule has 0 spiro atoms. The van der Waals surface area contributed by atoms with Gasteiger partial charge in [0.25, 0.3) is 0 Å². The second kappa shape index (κ2) is 7.96. The Bertz CT molecular complexity index is 732. The molecule has 0 aliphatic carbocycles. The van der Waals surface area contributed by atoms with E-state index in [2.05, 4.69) is 10.2 Å². The highest BCUT2D eigenvalue weighted by molar-refractivity contribution is 5.30. The number of rotatable bonds is 7.